The van der Waals surface area contributed by atoms with Crippen LogP contribution in [0, 0.1) is 11.6 Å². The van der Waals surface area contributed by atoms with Gasteiger partial charge in [-0.15, -0.1) is 0 Å². The first kappa shape index (κ1) is 16.5. The van der Waals surface area contributed by atoms with Crippen LogP contribution in [-0.4, -0.2) is 16.1 Å². The summed E-state index contributed by atoms with van der Waals surface area (Å²) < 4.78 is 32.7. The van der Waals surface area contributed by atoms with Crippen molar-refractivity contribution in [2.75, 3.05) is 0 Å². The third-order valence-electron chi connectivity index (χ3n) is 4.22. The fraction of sp³-hybridized carbons (Fsp3) is 0.333. The van der Waals surface area contributed by atoms with Gasteiger partial charge >= 0.3 is 5.97 Å². The molecular formula is C18H17F2NO3. The molecule has 0 radical (unpaired) electrons. The SMILES string of the molecule is CC(=O)OC1c2cccnc2C(O)CCC1c1cc(F)cc(F)c1. The summed E-state index contributed by atoms with van der Waals surface area (Å²) in [4.78, 5) is 15.8. The molecule has 1 aliphatic carbocycles. The van der Waals surface area contributed by atoms with E-state index >= 15 is 0 Å². The van der Waals surface area contributed by atoms with Crippen LogP contribution < -0.4 is 0 Å². The molecule has 1 aliphatic rings. The Morgan fingerprint density at radius 3 is 2.62 bits per heavy atom. The van der Waals surface area contributed by atoms with Crippen molar-refractivity contribution in [3.63, 3.8) is 0 Å². The maximum absolute atomic E-state index is 13.6. The highest BCUT2D eigenvalue weighted by Crippen LogP contribution is 2.44. The van der Waals surface area contributed by atoms with E-state index in [1.54, 1.807) is 18.3 Å². The number of carbonyl (C=O) groups is 1. The summed E-state index contributed by atoms with van der Waals surface area (Å²) >= 11 is 0. The summed E-state index contributed by atoms with van der Waals surface area (Å²) in [5.41, 5.74) is 1.39. The van der Waals surface area contributed by atoms with Crippen molar-refractivity contribution in [1.82, 2.24) is 4.98 Å². The fourth-order valence-corrected chi connectivity index (χ4v) is 3.25. The van der Waals surface area contributed by atoms with Crippen LogP contribution in [0.3, 0.4) is 0 Å². The molecule has 3 atom stereocenters. The third-order valence-corrected chi connectivity index (χ3v) is 4.22. The number of halogens is 2. The smallest absolute Gasteiger partial charge is 0.303 e. The number of esters is 1. The van der Waals surface area contributed by atoms with Crippen LogP contribution in [0.1, 0.15) is 54.7 Å². The minimum Gasteiger partial charge on any atom is -0.457 e. The second kappa shape index (κ2) is 6.65. The monoisotopic (exact) mass is 333 g/mol. The highest BCUT2D eigenvalue weighted by Gasteiger charge is 2.35. The van der Waals surface area contributed by atoms with Gasteiger partial charge in [0.05, 0.1) is 11.8 Å². The highest BCUT2D eigenvalue weighted by molar-refractivity contribution is 5.66. The van der Waals surface area contributed by atoms with Gasteiger partial charge in [0.15, 0.2) is 0 Å². The molecule has 0 aliphatic heterocycles. The number of aliphatic hydroxyl groups is 1. The van der Waals surface area contributed by atoms with Crippen molar-refractivity contribution in [1.29, 1.82) is 0 Å². The van der Waals surface area contributed by atoms with E-state index in [9.17, 15) is 18.7 Å². The lowest BCUT2D eigenvalue weighted by Gasteiger charge is -2.26. The number of aliphatic hydroxyl groups excluding tert-OH is 1. The lowest BCUT2D eigenvalue weighted by molar-refractivity contribution is -0.148. The molecule has 1 aromatic heterocycles. The van der Waals surface area contributed by atoms with E-state index in [4.69, 9.17) is 4.74 Å². The van der Waals surface area contributed by atoms with Gasteiger partial charge in [0.1, 0.15) is 17.7 Å². The average molecular weight is 333 g/mol. The van der Waals surface area contributed by atoms with E-state index in [0.717, 1.165) is 6.07 Å². The van der Waals surface area contributed by atoms with Crippen LogP contribution in [0.4, 0.5) is 8.78 Å². The summed E-state index contributed by atoms with van der Waals surface area (Å²) in [5.74, 6) is -2.36. The lowest BCUT2D eigenvalue weighted by Crippen LogP contribution is -2.18. The van der Waals surface area contributed by atoms with Gasteiger partial charge in [-0.1, -0.05) is 6.07 Å². The van der Waals surface area contributed by atoms with Crippen LogP contribution in [0.15, 0.2) is 36.5 Å². The molecule has 0 bridgehead atoms. The number of aromatic nitrogens is 1. The summed E-state index contributed by atoms with van der Waals surface area (Å²) in [6, 6.07) is 6.66. The molecule has 0 fully saturated rings. The predicted octanol–water partition coefficient (Wildman–Crippen LogP) is 3.58. The number of carbonyl (C=O) groups excluding carboxylic acids is 1. The zero-order chi connectivity index (χ0) is 17.3. The Kier molecular flexibility index (Phi) is 4.57. The van der Waals surface area contributed by atoms with Gasteiger partial charge in [-0.05, 0) is 36.6 Å². The maximum Gasteiger partial charge on any atom is 0.303 e. The number of ether oxygens (including phenoxy) is 1. The zero-order valence-electron chi connectivity index (χ0n) is 13.1. The third kappa shape index (κ3) is 3.28. The Morgan fingerprint density at radius 1 is 1.25 bits per heavy atom. The largest absolute Gasteiger partial charge is 0.457 e. The average Bonchev–Trinajstić information content (AvgIpc) is 2.65. The first-order valence-electron chi connectivity index (χ1n) is 7.72. The summed E-state index contributed by atoms with van der Waals surface area (Å²) in [6.45, 7) is 1.28. The summed E-state index contributed by atoms with van der Waals surface area (Å²) in [6.07, 6.45) is 0.727. The predicted molar refractivity (Wildman–Crippen MR) is 82.0 cm³/mol. The molecule has 3 rings (SSSR count). The quantitative estimate of drug-likeness (QED) is 0.674. The van der Waals surface area contributed by atoms with Gasteiger partial charge in [0.2, 0.25) is 0 Å². The number of pyridine rings is 1. The molecule has 126 valence electrons. The Labute approximate surface area is 138 Å². The Bertz CT molecular complexity index is 745. The topological polar surface area (TPSA) is 59.4 Å². The van der Waals surface area contributed by atoms with Gasteiger partial charge in [-0.25, -0.2) is 8.78 Å². The lowest BCUT2D eigenvalue weighted by atomic mass is 9.87. The van der Waals surface area contributed by atoms with E-state index in [1.165, 1.54) is 19.1 Å². The van der Waals surface area contributed by atoms with Gasteiger partial charge in [0.25, 0.3) is 0 Å². The molecular weight excluding hydrogens is 316 g/mol. The van der Waals surface area contributed by atoms with Crippen LogP contribution in [0.2, 0.25) is 0 Å². The van der Waals surface area contributed by atoms with Crippen molar-refractivity contribution in [3.05, 3.63) is 65.0 Å². The Balaban J connectivity index is 2.12. The molecule has 1 aromatic carbocycles. The minimum absolute atomic E-state index is 0.352. The second-order valence-corrected chi connectivity index (χ2v) is 5.91. The number of rotatable bonds is 2. The van der Waals surface area contributed by atoms with Gasteiger partial charge in [-0.3, -0.25) is 9.78 Å². The van der Waals surface area contributed by atoms with Crippen molar-refractivity contribution in [2.45, 2.75) is 37.9 Å². The number of hydrogen-bond donors (Lipinski definition) is 1. The van der Waals surface area contributed by atoms with Crippen molar-refractivity contribution in [2.24, 2.45) is 0 Å². The van der Waals surface area contributed by atoms with Crippen LogP contribution in [0.5, 0.6) is 0 Å². The van der Waals surface area contributed by atoms with Crippen LogP contribution in [-0.2, 0) is 9.53 Å². The van der Waals surface area contributed by atoms with Crippen LogP contribution >= 0.6 is 0 Å². The molecule has 3 unspecified atom stereocenters. The first-order valence-corrected chi connectivity index (χ1v) is 7.72. The summed E-state index contributed by atoms with van der Waals surface area (Å²) in [5, 5.41) is 10.3. The minimum atomic E-state index is -0.817. The Morgan fingerprint density at radius 2 is 1.96 bits per heavy atom. The highest BCUT2D eigenvalue weighted by atomic mass is 19.1. The molecule has 4 nitrogen and oxygen atoms in total. The fourth-order valence-electron chi connectivity index (χ4n) is 3.25. The van der Waals surface area contributed by atoms with Crippen LogP contribution in [0.25, 0.3) is 0 Å². The van der Waals surface area contributed by atoms with E-state index in [-0.39, 0.29) is 0 Å². The molecule has 1 heterocycles. The van der Waals surface area contributed by atoms with E-state index < -0.39 is 35.7 Å². The number of nitrogens with zero attached hydrogens (tertiary/aromatic N) is 1. The maximum atomic E-state index is 13.6. The molecule has 24 heavy (non-hydrogen) atoms. The van der Waals surface area contributed by atoms with Gasteiger partial charge < -0.3 is 9.84 Å². The molecule has 2 aromatic rings. The number of hydrogen-bond acceptors (Lipinski definition) is 4. The van der Waals surface area contributed by atoms with E-state index in [1.807, 2.05) is 0 Å². The molecule has 0 amide bonds. The molecule has 0 spiro atoms. The van der Waals surface area contributed by atoms with Gasteiger partial charge in [-0.2, -0.15) is 0 Å². The van der Waals surface area contributed by atoms with E-state index in [2.05, 4.69) is 4.98 Å². The summed E-state index contributed by atoms with van der Waals surface area (Å²) in [7, 11) is 0. The zero-order valence-corrected chi connectivity index (χ0v) is 13.1. The number of benzene rings is 1. The second-order valence-electron chi connectivity index (χ2n) is 5.91. The van der Waals surface area contributed by atoms with E-state index in [0.29, 0.717) is 29.7 Å². The van der Waals surface area contributed by atoms with Gasteiger partial charge in [0, 0.05) is 30.7 Å². The number of fused-ring (bicyclic) bond motifs is 1. The van der Waals surface area contributed by atoms with Crippen molar-refractivity contribution >= 4 is 5.97 Å². The van der Waals surface area contributed by atoms with Crippen molar-refractivity contribution < 1.29 is 23.4 Å². The standard InChI is InChI=1S/C18H17F2NO3/c1-10(22)24-18-14(11-7-12(19)9-13(20)8-11)4-5-16(23)17-15(18)3-2-6-21-17/h2-3,6-9,14,16,18,23H,4-5H2,1H3. The molecule has 1 N–H and O–H groups in total. The first-order chi connectivity index (χ1) is 11.5. The molecule has 0 saturated heterocycles. The molecule has 0 saturated carbocycles. The molecule has 6 heteroatoms. The normalized spacial score (nSPS) is 23.2. The Hall–Kier alpha value is -2.34. The van der Waals surface area contributed by atoms with Crippen molar-refractivity contribution in [3.8, 4) is 0 Å².